The molecule has 8 heteroatoms. The highest BCUT2D eigenvalue weighted by Crippen LogP contribution is 2.30. The van der Waals surface area contributed by atoms with Crippen LogP contribution in [-0.4, -0.2) is 40.2 Å². The van der Waals surface area contributed by atoms with E-state index in [1.165, 1.54) is 5.56 Å². The molecule has 35 heavy (non-hydrogen) atoms. The fraction of sp³-hybridized carbons (Fsp3) is 0.259. The van der Waals surface area contributed by atoms with E-state index in [1.54, 1.807) is 17.2 Å². The van der Waals surface area contributed by atoms with Crippen LogP contribution in [0, 0.1) is 0 Å². The van der Waals surface area contributed by atoms with Crippen LogP contribution < -0.4 is 10.6 Å². The SMILES string of the molecule is O=C1CCC(N2Cc3cc(-c4cc(CNCCc5ccc(Cl)cc5)ccn4)ccc3C2=O)C(=O)N1. The summed E-state index contributed by atoms with van der Waals surface area (Å²) in [6, 6.07) is 17.0. The lowest BCUT2D eigenvalue weighted by Gasteiger charge is -2.29. The van der Waals surface area contributed by atoms with E-state index in [-0.39, 0.29) is 18.2 Å². The van der Waals surface area contributed by atoms with Crippen LogP contribution in [0.2, 0.25) is 5.02 Å². The molecule has 0 spiro atoms. The lowest BCUT2D eigenvalue weighted by atomic mass is 10.0. The molecule has 0 bridgehead atoms. The first kappa shape index (κ1) is 23.2. The highest BCUT2D eigenvalue weighted by atomic mass is 35.5. The molecule has 1 unspecified atom stereocenters. The molecular weight excluding hydrogens is 464 g/mol. The van der Waals surface area contributed by atoms with Gasteiger partial charge in [0.1, 0.15) is 6.04 Å². The van der Waals surface area contributed by atoms with E-state index in [9.17, 15) is 14.4 Å². The van der Waals surface area contributed by atoms with Gasteiger partial charge < -0.3 is 10.2 Å². The van der Waals surface area contributed by atoms with E-state index in [2.05, 4.69) is 15.6 Å². The summed E-state index contributed by atoms with van der Waals surface area (Å²) in [6.45, 7) is 1.91. The molecule has 0 aliphatic carbocycles. The van der Waals surface area contributed by atoms with E-state index in [1.807, 2.05) is 48.5 Å². The number of rotatable bonds is 7. The Bertz CT molecular complexity index is 1290. The third-order valence-corrected chi connectivity index (χ3v) is 6.73. The van der Waals surface area contributed by atoms with Crippen molar-refractivity contribution in [2.45, 2.75) is 38.4 Å². The van der Waals surface area contributed by atoms with Gasteiger partial charge in [0.2, 0.25) is 11.8 Å². The average Bonchev–Trinajstić information content (AvgIpc) is 3.18. The maximum Gasteiger partial charge on any atom is 0.255 e. The number of hydrogen-bond acceptors (Lipinski definition) is 5. The Morgan fingerprint density at radius 3 is 2.66 bits per heavy atom. The predicted molar refractivity (Wildman–Crippen MR) is 133 cm³/mol. The largest absolute Gasteiger partial charge is 0.322 e. The van der Waals surface area contributed by atoms with Crippen molar-refractivity contribution in [3.63, 3.8) is 0 Å². The molecule has 3 heterocycles. The molecule has 5 rings (SSSR count). The first-order valence-electron chi connectivity index (χ1n) is 11.7. The number of benzene rings is 2. The normalized spacial score (nSPS) is 17.5. The van der Waals surface area contributed by atoms with Crippen LogP contribution in [-0.2, 0) is 29.1 Å². The highest BCUT2D eigenvalue weighted by molar-refractivity contribution is 6.30. The lowest BCUT2D eigenvalue weighted by Crippen LogP contribution is -2.52. The Morgan fingerprint density at radius 2 is 1.86 bits per heavy atom. The van der Waals surface area contributed by atoms with Crippen molar-refractivity contribution in [2.24, 2.45) is 0 Å². The van der Waals surface area contributed by atoms with E-state index in [0.717, 1.165) is 46.9 Å². The Labute approximate surface area is 208 Å². The van der Waals surface area contributed by atoms with Gasteiger partial charge in [-0.3, -0.25) is 24.7 Å². The first-order chi connectivity index (χ1) is 17.0. The molecule has 2 aliphatic rings. The number of fused-ring (bicyclic) bond motifs is 1. The van der Waals surface area contributed by atoms with Crippen molar-refractivity contribution < 1.29 is 14.4 Å². The zero-order valence-electron chi connectivity index (χ0n) is 19.1. The number of aromatic nitrogens is 1. The van der Waals surface area contributed by atoms with Gasteiger partial charge in [-0.05, 0) is 72.5 Å². The molecule has 1 atom stereocenters. The quantitative estimate of drug-likeness (QED) is 0.392. The number of halogens is 1. The smallest absolute Gasteiger partial charge is 0.255 e. The van der Waals surface area contributed by atoms with E-state index < -0.39 is 11.9 Å². The molecule has 0 saturated carbocycles. The van der Waals surface area contributed by atoms with Gasteiger partial charge in [0.15, 0.2) is 0 Å². The van der Waals surface area contributed by atoms with Crippen LogP contribution in [0.1, 0.15) is 39.9 Å². The maximum atomic E-state index is 12.9. The van der Waals surface area contributed by atoms with Gasteiger partial charge in [-0.2, -0.15) is 0 Å². The molecule has 2 N–H and O–H groups in total. The lowest BCUT2D eigenvalue weighted by molar-refractivity contribution is -0.136. The number of carbonyl (C=O) groups excluding carboxylic acids is 3. The highest BCUT2D eigenvalue weighted by Gasteiger charge is 2.39. The number of carbonyl (C=O) groups is 3. The van der Waals surface area contributed by atoms with Crippen molar-refractivity contribution in [2.75, 3.05) is 6.54 Å². The molecule has 1 saturated heterocycles. The second-order valence-corrected chi connectivity index (χ2v) is 9.31. The Hall–Kier alpha value is -3.55. The number of pyridine rings is 1. The minimum absolute atomic E-state index is 0.173. The van der Waals surface area contributed by atoms with Gasteiger partial charge in [-0.15, -0.1) is 0 Å². The molecule has 7 nitrogen and oxygen atoms in total. The summed E-state index contributed by atoms with van der Waals surface area (Å²) < 4.78 is 0. The van der Waals surface area contributed by atoms with Crippen molar-refractivity contribution in [1.29, 1.82) is 0 Å². The minimum atomic E-state index is -0.614. The average molecular weight is 489 g/mol. The summed E-state index contributed by atoms with van der Waals surface area (Å²) in [7, 11) is 0. The van der Waals surface area contributed by atoms with Crippen LogP contribution in [0.4, 0.5) is 0 Å². The summed E-state index contributed by atoms with van der Waals surface area (Å²) in [4.78, 5) is 42.7. The van der Waals surface area contributed by atoms with Gasteiger partial charge in [0.25, 0.3) is 5.91 Å². The van der Waals surface area contributed by atoms with E-state index in [0.29, 0.717) is 18.5 Å². The predicted octanol–water partition coefficient (Wildman–Crippen LogP) is 3.50. The first-order valence-corrected chi connectivity index (χ1v) is 12.0. The van der Waals surface area contributed by atoms with Crippen molar-refractivity contribution in [3.05, 3.63) is 88.1 Å². The van der Waals surface area contributed by atoms with Gasteiger partial charge in [0, 0.05) is 41.9 Å². The van der Waals surface area contributed by atoms with Crippen LogP contribution in [0.15, 0.2) is 60.8 Å². The second-order valence-electron chi connectivity index (χ2n) is 8.87. The number of nitrogens with one attached hydrogen (secondary N) is 2. The fourth-order valence-electron chi connectivity index (χ4n) is 4.59. The molecular formula is C27H25ClN4O3. The Morgan fingerprint density at radius 1 is 1.03 bits per heavy atom. The summed E-state index contributed by atoms with van der Waals surface area (Å²) in [5.74, 6) is -0.865. The summed E-state index contributed by atoms with van der Waals surface area (Å²) in [5.41, 5.74) is 5.56. The van der Waals surface area contributed by atoms with Crippen LogP contribution in [0.25, 0.3) is 11.3 Å². The number of piperidine rings is 1. The minimum Gasteiger partial charge on any atom is -0.322 e. The Balaban J connectivity index is 1.23. The summed E-state index contributed by atoms with van der Waals surface area (Å²) in [5, 5.41) is 6.54. The number of amides is 3. The Kier molecular flexibility index (Phi) is 6.61. The summed E-state index contributed by atoms with van der Waals surface area (Å²) in [6.07, 6.45) is 3.30. The molecule has 2 aromatic carbocycles. The van der Waals surface area contributed by atoms with Crippen molar-refractivity contribution in [1.82, 2.24) is 20.5 Å². The van der Waals surface area contributed by atoms with Crippen LogP contribution >= 0.6 is 11.6 Å². The van der Waals surface area contributed by atoms with Gasteiger partial charge in [-0.25, -0.2) is 0 Å². The van der Waals surface area contributed by atoms with Gasteiger partial charge in [-0.1, -0.05) is 29.8 Å². The standard InChI is InChI=1S/C27H25ClN4O3/c28-21-4-1-17(2-5-21)9-11-29-15-18-10-12-30-23(13-18)19-3-6-22-20(14-19)16-32(27(22)35)24-7-8-25(33)31-26(24)34/h1-6,10,12-14,24,29H,7-9,11,15-16H2,(H,31,33,34). The molecule has 3 aromatic rings. The van der Waals surface area contributed by atoms with Crippen LogP contribution in [0.5, 0.6) is 0 Å². The molecule has 2 aliphatic heterocycles. The topological polar surface area (TPSA) is 91.4 Å². The van der Waals surface area contributed by atoms with Crippen molar-refractivity contribution >= 4 is 29.3 Å². The van der Waals surface area contributed by atoms with Gasteiger partial charge >= 0.3 is 0 Å². The maximum absolute atomic E-state index is 12.9. The van der Waals surface area contributed by atoms with Crippen LogP contribution in [0.3, 0.4) is 0 Å². The third kappa shape index (κ3) is 5.11. The zero-order valence-corrected chi connectivity index (χ0v) is 19.8. The van der Waals surface area contributed by atoms with Crippen molar-refractivity contribution in [3.8, 4) is 11.3 Å². The number of imide groups is 1. The fourth-order valence-corrected chi connectivity index (χ4v) is 4.72. The molecule has 178 valence electrons. The molecule has 0 radical (unpaired) electrons. The van der Waals surface area contributed by atoms with E-state index >= 15 is 0 Å². The third-order valence-electron chi connectivity index (χ3n) is 6.48. The van der Waals surface area contributed by atoms with Gasteiger partial charge in [0.05, 0.1) is 5.69 Å². The second kappa shape index (κ2) is 9.98. The van der Waals surface area contributed by atoms with E-state index in [4.69, 9.17) is 11.6 Å². The number of hydrogen-bond donors (Lipinski definition) is 2. The molecule has 1 aromatic heterocycles. The zero-order chi connectivity index (χ0) is 24.4. The molecule has 3 amide bonds. The summed E-state index contributed by atoms with van der Waals surface area (Å²) >= 11 is 5.94. The monoisotopic (exact) mass is 488 g/mol. The number of nitrogens with zero attached hydrogens (tertiary/aromatic N) is 2. The molecule has 1 fully saturated rings.